The van der Waals surface area contributed by atoms with E-state index in [0.717, 1.165) is 11.4 Å². The summed E-state index contributed by atoms with van der Waals surface area (Å²) in [5.41, 5.74) is 4.38. The number of carbonyl (C=O) groups excluding carboxylic acids is 1. The standard InChI is InChI=1S/C17H21N3O/c1-11(2)17(21)20-16-8-6-14(10-18-16)19-15-7-5-12(3)9-13(15)4/h5-11,19H,1-4H3,(H,18,20,21). The highest BCUT2D eigenvalue weighted by Crippen LogP contribution is 2.21. The third kappa shape index (κ3) is 4.05. The molecule has 2 N–H and O–H groups in total. The van der Waals surface area contributed by atoms with E-state index in [1.165, 1.54) is 11.1 Å². The minimum Gasteiger partial charge on any atom is -0.354 e. The van der Waals surface area contributed by atoms with Crippen LogP contribution in [0.1, 0.15) is 25.0 Å². The van der Waals surface area contributed by atoms with Crippen molar-refractivity contribution >= 4 is 23.1 Å². The van der Waals surface area contributed by atoms with Crippen LogP contribution in [0.2, 0.25) is 0 Å². The molecular weight excluding hydrogens is 262 g/mol. The second-order valence-electron chi connectivity index (χ2n) is 5.52. The monoisotopic (exact) mass is 283 g/mol. The Morgan fingerprint density at radius 2 is 1.90 bits per heavy atom. The van der Waals surface area contributed by atoms with Gasteiger partial charge in [0.1, 0.15) is 5.82 Å². The Kier molecular flexibility index (Phi) is 4.58. The van der Waals surface area contributed by atoms with Gasteiger partial charge >= 0.3 is 0 Å². The molecule has 4 heteroatoms. The van der Waals surface area contributed by atoms with Gasteiger partial charge < -0.3 is 10.6 Å². The lowest BCUT2D eigenvalue weighted by molar-refractivity contribution is -0.118. The molecule has 4 nitrogen and oxygen atoms in total. The van der Waals surface area contributed by atoms with Crippen LogP contribution in [0.3, 0.4) is 0 Å². The van der Waals surface area contributed by atoms with Crippen molar-refractivity contribution in [2.75, 3.05) is 10.6 Å². The van der Waals surface area contributed by atoms with Crippen molar-refractivity contribution in [3.63, 3.8) is 0 Å². The zero-order valence-electron chi connectivity index (χ0n) is 12.9. The number of nitrogens with one attached hydrogen (secondary N) is 2. The lowest BCUT2D eigenvalue weighted by Crippen LogP contribution is -2.18. The van der Waals surface area contributed by atoms with E-state index < -0.39 is 0 Å². The van der Waals surface area contributed by atoms with Crippen LogP contribution in [0.5, 0.6) is 0 Å². The van der Waals surface area contributed by atoms with Crippen LogP contribution in [0.4, 0.5) is 17.2 Å². The molecule has 0 radical (unpaired) electrons. The molecule has 0 saturated heterocycles. The molecule has 0 aliphatic rings. The normalized spacial score (nSPS) is 10.5. The summed E-state index contributed by atoms with van der Waals surface area (Å²) in [7, 11) is 0. The van der Waals surface area contributed by atoms with E-state index in [1.807, 2.05) is 19.9 Å². The predicted octanol–water partition coefficient (Wildman–Crippen LogP) is 4.04. The van der Waals surface area contributed by atoms with Gasteiger partial charge in [0.25, 0.3) is 0 Å². The van der Waals surface area contributed by atoms with Crippen LogP contribution in [-0.4, -0.2) is 10.9 Å². The van der Waals surface area contributed by atoms with E-state index in [4.69, 9.17) is 0 Å². The molecule has 0 spiro atoms. The molecule has 0 bridgehead atoms. The van der Waals surface area contributed by atoms with Crippen molar-refractivity contribution in [2.45, 2.75) is 27.7 Å². The first-order valence-electron chi connectivity index (χ1n) is 7.07. The van der Waals surface area contributed by atoms with Gasteiger partial charge in [0, 0.05) is 11.6 Å². The second kappa shape index (κ2) is 6.39. The number of aryl methyl sites for hydroxylation is 2. The van der Waals surface area contributed by atoms with Gasteiger partial charge in [-0.25, -0.2) is 4.98 Å². The maximum Gasteiger partial charge on any atom is 0.228 e. The molecule has 0 atom stereocenters. The third-order valence-electron chi connectivity index (χ3n) is 3.20. The number of rotatable bonds is 4. The number of hydrogen-bond donors (Lipinski definition) is 2. The smallest absolute Gasteiger partial charge is 0.228 e. The third-order valence-corrected chi connectivity index (χ3v) is 3.20. The molecule has 0 aliphatic heterocycles. The highest BCUT2D eigenvalue weighted by atomic mass is 16.1. The molecule has 0 fully saturated rings. The van der Waals surface area contributed by atoms with Gasteiger partial charge in [-0.05, 0) is 37.6 Å². The fourth-order valence-corrected chi connectivity index (χ4v) is 1.92. The molecule has 0 saturated carbocycles. The van der Waals surface area contributed by atoms with Gasteiger partial charge in [-0.1, -0.05) is 31.5 Å². The number of carbonyl (C=O) groups is 1. The fourth-order valence-electron chi connectivity index (χ4n) is 1.92. The van der Waals surface area contributed by atoms with Crippen LogP contribution in [0.25, 0.3) is 0 Å². The maximum absolute atomic E-state index is 11.6. The Balaban J connectivity index is 2.07. The molecule has 1 aromatic carbocycles. The van der Waals surface area contributed by atoms with E-state index in [1.54, 1.807) is 12.3 Å². The van der Waals surface area contributed by atoms with E-state index in [0.29, 0.717) is 5.82 Å². The van der Waals surface area contributed by atoms with Gasteiger partial charge in [-0.3, -0.25) is 4.79 Å². The lowest BCUT2D eigenvalue weighted by atomic mass is 10.1. The molecule has 2 rings (SSSR count). The number of hydrogen-bond acceptors (Lipinski definition) is 3. The number of amides is 1. The quantitative estimate of drug-likeness (QED) is 0.890. The van der Waals surface area contributed by atoms with E-state index in [9.17, 15) is 4.79 Å². The summed E-state index contributed by atoms with van der Waals surface area (Å²) in [6, 6.07) is 9.96. The molecule has 1 aromatic heterocycles. The van der Waals surface area contributed by atoms with Crippen molar-refractivity contribution in [2.24, 2.45) is 5.92 Å². The number of aromatic nitrogens is 1. The van der Waals surface area contributed by atoms with Gasteiger partial charge in [-0.15, -0.1) is 0 Å². The molecular formula is C17H21N3O. The average molecular weight is 283 g/mol. The Hall–Kier alpha value is -2.36. The highest BCUT2D eigenvalue weighted by Gasteiger charge is 2.07. The molecule has 0 unspecified atom stereocenters. The van der Waals surface area contributed by atoms with E-state index >= 15 is 0 Å². The molecule has 2 aromatic rings. The summed E-state index contributed by atoms with van der Waals surface area (Å²) in [6.07, 6.45) is 1.72. The zero-order valence-corrected chi connectivity index (χ0v) is 12.9. The van der Waals surface area contributed by atoms with Gasteiger partial charge in [-0.2, -0.15) is 0 Å². The van der Waals surface area contributed by atoms with Gasteiger partial charge in [0.15, 0.2) is 0 Å². The van der Waals surface area contributed by atoms with Crippen molar-refractivity contribution < 1.29 is 4.79 Å². The molecule has 1 heterocycles. The van der Waals surface area contributed by atoms with Crippen molar-refractivity contribution in [1.82, 2.24) is 4.98 Å². The largest absolute Gasteiger partial charge is 0.354 e. The Morgan fingerprint density at radius 1 is 1.14 bits per heavy atom. The van der Waals surface area contributed by atoms with Crippen LogP contribution < -0.4 is 10.6 Å². The minimum atomic E-state index is -0.0557. The zero-order chi connectivity index (χ0) is 15.4. The van der Waals surface area contributed by atoms with E-state index in [2.05, 4.69) is 47.7 Å². The average Bonchev–Trinajstić information content (AvgIpc) is 2.43. The Labute approximate surface area is 125 Å². The van der Waals surface area contributed by atoms with Crippen molar-refractivity contribution in [3.05, 3.63) is 47.7 Å². The van der Waals surface area contributed by atoms with Crippen LogP contribution in [0.15, 0.2) is 36.5 Å². The van der Waals surface area contributed by atoms with Crippen LogP contribution in [0, 0.1) is 19.8 Å². The minimum absolute atomic E-state index is 0.0300. The maximum atomic E-state index is 11.6. The molecule has 0 aliphatic carbocycles. The van der Waals surface area contributed by atoms with Crippen LogP contribution >= 0.6 is 0 Å². The van der Waals surface area contributed by atoms with Gasteiger partial charge in [0.05, 0.1) is 11.9 Å². The lowest BCUT2D eigenvalue weighted by Gasteiger charge is -2.11. The number of nitrogens with zero attached hydrogens (tertiary/aromatic N) is 1. The number of benzene rings is 1. The summed E-state index contributed by atoms with van der Waals surface area (Å²) in [4.78, 5) is 15.8. The summed E-state index contributed by atoms with van der Waals surface area (Å²) < 4.78 is 0. The first kappa shape index (κ1) is 15.0. The molecule has 1 amide bonds. The highest BCUT2D eigenvalue weighted by molar-refractivity contribution is 5.91. The number of anilines is 3. The predicted molar refractivity (Wildman–Crippen MR) is 86.9 cm³/mol. The second-order valence-corrected chi connectivity index (χ2v) is 5.52. The Bertz CT molecular complexity index is 633. The van der Waals surface area contributed by atoms with E-state index in [-0.39, 0.29) is 11.8 Å². The first-order valence-corrected chi connectivity index (χ1v) is 7.07. The SMILES string of the molecule is Cc1ccc(Nc2ccc(NC(=O)C(C)C)nc2)c(C)c1. The topological polar surface area (TPSA) is 54.0 Å². The van der Waals surface area contributed by atoms with Crippen molar-refractivity contribution in [1.29, 1.82) is 0 Å². The Morgan fingerprint density at radius 3 is 2.48 bits per heavy atom. The fraction of sp³-hybridized carbons (Fsp3) is 0.294. The molecule has 21 heavy (non-hydrogen) atoms. The molecule has 110 valence electrons. The van der Waals surface area contributed by atoms with Crippen molar-refractivity contribution in [3.8, 4) is 0 Å². The first-order chi connectivity index (χ1) is 9.95. The van der Waals surface area contributed by atoms with Crippen LogP contribution in [-0.2, 0) is 4.79 Å². The summed E-state index contributed by atoms with van der Waals surface area (Å²) >= 11 is 0. The number of pyridine rings is 1. The van der Waals surface area contributed by atoms with Gasteiger partial charge in [0.2, 0.25) is 5.91 Å². The summed E-state index contributed by atoms with van der Waals surface area (Å²) in [5, 5.41) is 6.10. The summed E-state index contributed by atoms with van der Waals surface area (Å²) in [5.74, 6) is 0.484. The summed E-state index contributed by atoms with van der Waals surface area (Å²) in [6.45, 7) is 7.85.